The maximum atomic E-state index is 12.1. The fourth-order valence-electron chi connectivity index (χ4n) is 2.84. The summed E-state index contributed by atoms with van der Waals surface area (Å²) in [7, 11) is 1.62. The number of carbonyl (C=O) groups excluding carboxylic acids is 1. The highest BCUT2D eigenvalue weighted by atomic mass is 16.5. The molecule has 1 aromatic carbocycles. The number of aliphatic hydroxyl groups is 1. The summed E-state index contributed by atoms with van der Waals surface area (Å²) in [5.74, 6) is 1.32. The van der Waals surface area contributed by atoms with Crippen LogP contribution in [0.3, 0.4) is 0 Å². The number of likely N-dealkylation sites (tertiary alicyclic amines) is 1. The first-order valence-electron chi connectivity index (χ1n) is 8.45. The van der Waals surface area contributed by atoms with E-state index in [4.69, 9.17) is 9.15 Å². The van der Waals surface area contributed by atoms with E-state index in [2.05, 4.69) is 10.3 Å². The first-order chi connectivity index (χ1) is 12.2. The number of aliphatic hydroxyl groups excluding tert-OH is 1. The fraction of sp³-hybridized carbons (Fsp3) is 0.444. The number of hydrogen-bond acceptors (Lipinski definition) is 5. The predicted octanol–water partition coefficient (Wildman–Crippen LogP) is 2.06. The van der Waals surface area contributed by atoms with Crippen molar-refractivity contribution in [1.29, 1.82) is 0 Å². The highest BCUT2D eigenvalue weighted by Crippen LogP contribution is 2.21. The van der Waals surface area contributed by atoms with Gasteiger partial charge in [0.15, 0.2) is 0 Å². The minimum absolute atomic E-state index is 0.141. The molecule has 2 aromatic rings. The van der Waals surface area contributed by atoms with Crippen molar-refractivity contribution in [2.24, 2.45) is 0 Å². The third-order valence-electron chi connectivity index (χ3n) is 4.23. The molecule has 25 heavy (non-hydrogen) atoms. The summed E-state index contributed by atoms with van der Waals surface area (Å²) in [6.45, 7) is 1.56. The number of urea groups is 1. The first-order valence-corrected chi connectivity index (χ1v) is 8.45. The Morgan fingerprint density at radius 1 is 1.44 bits per heavy atom. The molecule has 1 aliphatic rings. The number of benzene rings is 1. The molecule has 0 radical (unpaired) electrons. The molecule has 1 fully saturated rings. The van der Waals surface area contributed by atoms with Gasteiger partial charge in [-0.1, -0.05) is 0 Å². The molecule has 7 nitrogen and oxygen atoms in total. The van der Waals surface area contributed by atoms with Crippen LogP contribution >= 0.6 is 0 Å². The van der Waals surface area contributed by atoms with E-state index in [1.54, 1.807) is 18.3 Å². The molecule has 3 rings (SSSR count). The number of methoxy groups -OCH3 is 1. The van der Waals surface area contributed by atoms with Gasteiger partial charge in [0, 0.05) is 31.6 Å². The standard InChI is InChI=1S/C18H23N3O4/c1-24-16-6-4-13(5-7-16)17-20-14(12-25-17)8-9-19-18(23)21-10-2-3-15(22)11-21/h4-7,12,15,22H,2-3,8-11H2,1H3,(H,19,23). The van der Waals surface area contributed by atoms with Crippen LogP contribution in [0, 0.1) is 0 Å². The Morgan fingerprint density at radius 3 is 2.96 bits per heavy atom. The SMILES string of the molecule is COc1ccc(-c2nc(CCNC(=O)N3CCCC(O)C3)co2)cc1. The van der Waals surface area contributed by atoms with E-state index < -0.39 is 6.10 Å². The molecule has 1 unspecified atom stereocenters. The zero-order valence-corrected chi connectivity index (χ0v) is 14.3. The van der Waals surface area contributed by atoms with E-state index >= 15 is 0 Å². The van der Waals surface area contributed by atoms with E-state index in [1.165, 1.54) is 0 Å². The quantitative estimate of drug-likeness (QED) is 0.866. The zero-order chi connectivity index (χ0) is 17.6. The van der Waals surface area contributed by atoms with E-state index in [0.717, 1.165) is 29.8 Å². The van der Waals surface area contributed by atoms with Crippen LogP contribution in [0.1, 0.15) is 18.5 Å². The molecule has 0 aliphatic carbocycles. The average Bonchev–Trinajstić information content (AvgIpc) is 3.10. The van der Waals surface area contributed by atoms with Gasteiger partial charge in [-0.3, -0.25) is 0 Å². The normalized spacial score (nSPS) is 17.4. The van der Waals surface area contributed by atoms with Crippen LogP contribution in [0.4, 0.5) is 4.79 Å². The van der Waals surface area contributed by atoms with Crippen LogP contribution in [0.2, 0.25) is 0 Å². The number of amides is 2. The number of rotatable bonds is 5. The second kappa shape index (κ2) is 8.02. The van der Waals surface area contributed by atoms with Crippen LogP contribution in [0.15, 0.2) is 34.9 Å². The maximum Gasteiger partial charge on any atom is 0.317 e. The van der Waals surface area contributed by atoms with E-state index in [1.807, 2.05) is 24.3 Å². The van der Waals surface area contributed by atoms with Gasteiger partial charge < -0.3 is 24.5 Å². The van der Waals surface area contributed by atoms with Gasteiger partial charge >= 0.3 is 6.03 Å². The minimum Gasteiger partial charge on any atom is -0.497 e. The average molecular weight is 345 g/mol. The van der Waals surface area contributed by atoms with Gasteiger partial charge in [-0.25, -0.2) is 9.78 Å². The van der Waals surface area contributed by atoms with Crippen LogP contribution in [-0.4, -0.2) is 53.9 Å². The lowest BCUT2D eigenvalue weighted by molar-refractivity contribution is 0.0843. The Morgan fingerprint density at radius 2 is 2.24 bits per heavy atom. The van der Waals surface area contributed by atoms with Crippen LogP contribution in [-0.2, 0) is 6.42 Å². The molecular formula is C18H23N3O4. The van der Waals surface area contributed by atoms with Gasteiger partial charge in [0.1, 0.15) is 12.0 Å². The number of piperidine rings is 1. The Balaban J connectivity index is 1.49. The van der Waals surface area contributed by atoms with Crippen molar-refractivity contribution in [1.82, 2.24) is 15.2 Å². The van der Waals surface area contributed by atoms with Crippen molar-refractivity contribution in [3.63, 3.8) is 0 Å². The van der Waals surface area contributed by atoms with Gasteiger partial charge in [0.25, 0.3) is 0 Å². The highest BCUT2D eigenvalue weighted by molar-refractivity contribution is 5.74. The number of nitrogens with zero attached hydrogens (tertiary/aromatic N) is 2. The molecule has 2 heterocycles. The third kappa shape index (κ3) is 4.51. The summed E-state index contributed by atoms with van der Waals surface area (Å²) < 4.78 is 10.6. The molecule has 1 atom stereocenters. The van der Waals surface area contributed by atoms with Gasteiger partial charge in [-0.15, -0.1) is 0 Å². The third-order valence-corrected chi connectivity index (χ3v) is 4.23. The topological polar surface area (TPSA) is 87.8 Å². The van der Waals surface area contributed by atoms with Gasteiger partial charge in [-0.2, -0.15) is 0 Å². The number of carbonyl (C=O) groups is 1. The van der Waals surface area contributed by atoms with Crippen molar-refractivity contribution in [2.45, 2.75) is 25.4 Å². The molecule has 0 spiro atoms. The summed E-state index contributed by atoms with van der Waals surface area (Å²) in [5.41, 5.74) is 1.66. The molecule has 0 bridgehead atoms. The van der Waals surface area contributed by atoms with Crippen molar-refractivity contribution in [3.05, 3.63) is 36.2 Å². The lowest BCUT2D eigenvalue weighted by atomic mass is 10.1. The summed E-state index contributed by atoms with van der Waals surface area (Å²) in [6.07, 6.45) is 3.38. The van der Waals surface area contributed by atoms with Crippen molar-refractivity contribution >= 4 is 6.03 Å². The van der Waals surface area contributed by atoms with Crippen molar-refractivity contribution in [2.75, 3.05) is 26.7 Å². The van der Waals surface area contributed by atoms with Crippen LogP contribution in [0.25, 0.3) is 11.5 Å². The van der Waals surface area contributed by atoms with E-state index in [-0.39, 0.29) is 6.03 Å². The molecular weight excluding hydrogens is 322 g/mol. The highest BCUT2D eigenvalue weighted by Gasteiger charge is 2.21. The molecule has 1 saturated heterocycles. The number of aromatic nitrogens is 1. The second-order valence-electron chi connectivity index (χ2n) is 6.10. The Bertz CT molecular complexity index is 699. The van der Waals surface area contributed by atoms with Crippen LogP contribution in [0.5, 0.6) is 5.75 Å². The molecule has 2 amide bonds. The lowest BCUT2D eigenvalue weighted by Crippen LogP contribution is -2.47. The Kier molecular flexibility index (Phi) is 5.55. The van der Waals surface area contributed by atoms with Gasteiger partial charge in [0.05, 0.1) is 18.9 Å². The predicted molar refractivity (Wildman–Crippen MR) is 92.4 cm³/mol. The monoisotopic (exact) mass is 345 g/mol. The van der Waals surface area contributed by atoms with E-state index in [0.29, 0.717) is 31.9 Å². The van der Waals surface area contributed by atoms with Crippen molar-refractivity contribution < 1.29 is 19.1 Å². The number of nitrogens with one attached hydrogen (secondary N) is 1. The van der Waals surface area contributed by atoms with Crippen LogP contribution < -0.4 is 10.1 Å². The Hall–Kier alpha value is -2.54. The Labute approximate surface area is 146 Å². The first kappa shape index (κ1) is 17.3. The fourth-order valence-corrected chi connectivity index (χ4v) is 2.84. The summed E-state index contributed by atoms with van der Waals surface area (Å²) in [6, 6.07) is 7.34. The smallest absolute Gasteiger partial charge is 0.317 e. The maximum absolute atomic E-state index is 12.1. The largest absolute Gasteiger partial charge is 0.497 e. The van der Waals surface area contributed by atoms with Gasteiger partial charge in [-0.05, 0) is 37.1 Å². The number of hydrogen-bond donors (Lipinski definition) is 2. The minimum atomic E-state index is -0.415. The molecule has 134 valence electrons. The van der Waals surface area contributed by atoms with E-state index in [9.17, 15) is 9.90 Å². The molecule has 1 aromatic heterocycles. The summed E-state index contributed by atoms with van der Waals surface area (Å²) >= 11 is 0. The van der Waals surface area contributed by atoms with Crippen molar-refractivity contribution in [3.8, 4) is 17.2 Å². The molecule has 1 aliphatic heterocycles. The van der Waals surface area contributed by atoms with Gasteiger partial charge in [0.2, 0.25) is 5.89 Å². The molecule has 2 N–H and O–H groups in total. The second-order valence-corrected chi connectivity index (χ2v) is 6.10. The number of oxazole rings is 1. The number of ether oxygens (including phenoxy) is 1. The number of β-amino-alcohol motifs (C(OH)–C–C–N with tert-alkyl or cyclic N) is 1. The summed E-state index contributed by atoms with van der Waals surface area (Å²) in [5, 5.41) is 12.5. The zero-order valence-electron chi connectivity index (χ0n) is 14.3. The molecule has 0 saturated carbocycles. The summed E-state index contributed by atoms with van der Waals surface area (Å²) in [4.78, 5) is 18.2. The lowest BCUT2D eigenvalue weighted by Gasteiger charge is -2.30. The molecule has 7 heteroatoms.